The van der Waals surface area contributed by atoms with E-state index >= 15 is 0 Å². The first-order chi connectivity index (χ1) is 14.8. The maximum absolute atomic E-state index is 14.0. The summed E-state index contributed by atoms with van der Waals surface area (Å²) in [6.07, 6.45) is 0. The summed E-state index contributed by atoms with van der Waals surface area (Å²) in [6, 6.07) is 22.4. The first-order valence-corrected chi connectivity index (χ1v) is 11.4. The molecule has 1 heterocycles. The van der Waals surface area contributed by atoms with Gasteiger partial charge in [-0.2, -0.15) is 0 Å². The molecule has 3 aliphatic carbocycles. The molecule has 1 fully saturated rings. The van der Waals surface area contributed by atoms with Gasteiger partial charge in [0.2, 0.25) is 11.8 Å². The Bertz CT molecular complexity index is 1190. The van der Waals surface area contributed by atoms with E-state index in [-0.39, 0.29) is 11.8 Å². The fourth-order valence-corrected chi connectivity index (χ4v) is 6.91. The lowest BCUT2D eigenvalue weighted by atomic mass is 9.42. The molecule has 0 aromatic heterocycles. The minimum Gasteiger partial charge on any atom is -0.274 e. The number of carbonyl (C=O) groups is 2. The molecular formula is C27H22BrNO2. The Morgan fingerprint density at radius 1 is 0.742 bits per heavy atom. The highest BCUT2D eigenvalue weighted by atomic mass is 79.9. The minimum atomic E-state index is -0.543. The molecule has 7 rings (SSSR count). The van der Waals surface area contributed by atoms with Crippen LogP contribution in [-0.2, 0) is 20.4 Å². The van der Waals surface area contributed by atoms with Gasteiger partial charge in [0.15, 0.2) is 0 Å². The SMILES string of the molecule is Cc1ccc(N2C(=O)[C@@H]3[C@H](C2=O)C2(C)c4ccccc4C3(C)c3ccccc32)cc1Br. The number of aryl methyl sites for hydroxylation is 1. The van der Waals surface area contributed by atoms with E-state index in [9.17, 15) is 9.59 Å². The second kappa shape index (κ2) is 5.95. The van der Waals surface area contributed by atoms with Crippen LogP contribution in [0.4, 0.5) is 5.69 Å². The van der Waals surface area contributed by atoms with Crippen LogP contribution in [-0.4, -0.2) is 11.8 Å². The zero-order valence-corrected chi connectivity index (χ0v) is 19.2. The zero-order chi connectivity index (χ0) is 21.7. The van der Waals surface area contributed by atoms with E-state index in [1.165, 1.54) is 27.2 Å². The van der Waals surface area contributed by atoms with Crippen LogP contribution in [0, 0.1) is 18.8 Å². The number of nitrogens with zero attached hydrogens (tertiary/aromatic N) is 1. The molecule has 4 heteroatoms. The van der Waals surface area contributed by atoms with Gasteiger partial charge >= 0.3 is 0 Å². The highest BCUT2D eigenvalue weighted by Gasteiger charge is 2.70. The van der Waals surface area contributed by atoms with Crippen molar-refractivity contribution < 1.29 is 9.59 Å². The average Bonchev–Trinajstić information content (AvgIpc) is 3.05. The molecule has 1 saturated heterocycles. The fourth-order valence-electron chi connectivity index (χ4n) is 6.55. The van der Waals surface area contributed by atoms with Crippen LogP contribution in [0.25, 0.3) is 0 Å². The molecule has 154 valence electrons. The Kier molecular flexibility index (Phi) is 3.65. The largest absolute Gasteiger partial charge is 0.274 e. The number of benzene rings is 3. The number of anilines is 1. The zero-order valence-electron chi connectivity index (χ0n) is 17.6. The lowest BCUT2D eigenvalue weighted by Crippen LogP contribution is -2.59. The summed E-state index contributed by atoms with van der Waals surface area (Å²) in [4.78, 5) is 29.4. The van der Waals surface area contributed by atoms with Crippen molar-refractivity contribution in [3.63, 3.8) is 0 Å². The van der Waals surface area contributed by atoms with E-state index in [2.05, 4.69) is 54.0 Å². The molecule has 0 N–H and O–H groups in total. The van der Waals surface area contributed by atoms with Crippen LogP contribution in [0.2, 0.25) is 0 Å². The van der Waals surface area contributed by atoms with E-state index in [0.717, 1.165) is 10.0 Å². The van der Waals surface area contributed by atoms with Crippen molar-refractivity contribution in [3.8, 4) is 0 Å². The predicted octanol–water partition coefficient (Wildman–Crippen LogP) is 5.50. The molecule has 3 aromatic carbocycles. The van der Waals surface area contributed by atoms with Crippen LogP contribution in [0.15, 0.2) is 71.2 Å². The van der Waals surface area contributed by atoms with Crippen LogP contribution in [0.3, 0.4) is 0 Å². The number of halogens is 1. The van der Waals surface area contributed by atoms with Crippen LogP contribution in [0.5, 0.6) is 0 Å². The lowest BCUT2D eigenvalue weighted by Gasteiger charge is -2.57. The van der Waals surface area contributed by atoms with Crippen molar-refractivity contribution in [2.75, 3.05) is 4.90 Å². The third kappa shape index (κ3) is 2.05. The summed E-state index contributed by atoms with van der Waals surface area (Å²) in [5.74, 6) is -1.03. The van der Waals surface area contributed by atoms with Crippen molar-refractivity contribution in [1.29, 1.82) is 0 Å². The highest BCUT2D eigenvalue weighted by molar-refractivity contribution is 9.10. The quantitative estimate of drug-likeness (QED) is 0.439. The Labute approximate surface area is 190 Å². The summed E-state index contributed by atoms with van der Waals surface area (Å²) >= 11 is 3.56. The third-order valence-corrected chi connectivity index (χ3v) is 8.91. The Morgan fingerprint density at radius 3 is 1.55 bits per heavy atom. The molecule has 2 bridgehead atoms. The number of hydrogen-bond acceptors (Lipinski definition) is 2. The number of hydrogen-bond donors (Lipinski definition) is 0. The summed E-state index contributed by atoms with van der Waals surface area (Å²) in [7, 11) is 0. The van der Waals surface area contributed by atoms with Gasteiger partial charge in [0.1, 0.15) is 0 Å². The van der Waals surface area contributed by atoms with Gasteiger partial charge in [0.05, 0.1) is 17.5 Å². The molecule has 3 aromatic rings. The molecule has 0 saturated carbocycles. The van der Waals surface area contributed by atoms with E-state index in [0.29, 0.717) is 5.69 Å². The molecule has 2 atom stereocenters. The first-order valence-electron chi connectivity index (χ1n) is 10.6. The smallest absolute Gasteiger partial charge is 0.238 e. The Hall–Kier alpha value is -2.72. The van der Waals surface area contributed by atoms with Crippen LogP contribution >= 0.6 is 15.9 Å². The standard InChI is InChI=1S/C27H22BrNO2/c1-15-12-13-16(14-21(15)28)29-24(30)22-23(25(29)31)27(3)19-10-6-4-8-17(19)26(22,2)18-9-5-7-11-20(18)27/h4-14,22-23H,1-3H3/t22-,23+,26?,27?. The molecule has 1 aliphatic heterocycles. The number of imide groups is 1. The number of amides is 2. The van der Waals surface area contributed by atoms with Gasteiger partial charge in [-0.15, -0.1) is 0 Å². The summed E-state index contributed by atoms with van der Waals surface area (Å²) < 4.78 is 0.896. The van der Waals surface area contributed by atoms with Crippen LogP contribution in [0.1, 0.15) is 41.7 Å². The normalized spacial score (nSPS) is 30.3. The second-order valence-electron chi connectivity index (χ2n) is 9.40. The average molecular weight is 472 g/mol. The number of carbonyl (C=O) groups excluding carboxylic acids is 2. The van der Waals surface area contributed by atoms with Gasteiger partial charge in [-0.3, -0.25) is 9.59 Å². The third-order valence-electron chi connectivity index (χ3n) is 8.06. The molecule has 3 nitrogen and oxygen atoms in total. The van der Waals surface area contributed by atoms with Gasteiger partial charge in [-0.25, -0.2) is 4.90 Å². The molecule has 0 unspecified atom stereocenters. The Morgan fingerprint density at radius 2 is 1.16 bits per heavy atom. The molecule has 31 heavy (non-hydrogen) atoms. The molecule has 4 aliphatic rings. The Balaban J connectivity index is 1.65. The molecule has 0 spiro atoms. The molecule has 2 amide bonds. The van der Waals surface area contributed by atoms with Gasteiger partial charge in [-0.1, -0.05) is 84.4 Å². The maximum Gasteiger partial charge on any atom is 0.238 e. The van der Waals surface area contributed by atoms with Gasteiger partial charge in [0, 0.05) is 15.3 Å². The highest BCUT2D eigenvalue weighted by Crippen LogP contribution is 2.66. The predicted molar refractivity (Wildman–Crippen MR) is 124 cm³/mol. The topological polar surface area (TPSA) is 37.4 Å². The van der Waals surface area contributed by atoms with E-state index in [1.54, 1.807) is 0 Å². The fraction of sp³-hybridized carbons (Fsp3) is 0.259. The van der Waals surface area contributed by atoms with E-state index < -0.39 is 22.7 Å². The maximum atomic E-state index is 14.0. The van der Waals surface area contributed by atoms with Crippen molar-refractivity contribution >= 4 is 33.4 Å². The molecule has 0 radical (unpaired) electrons. The first kappa shape index (κ1) is 19.0. The summed E-state index contributed by atoms with van der Waals surface area (Å²) in [6.45, 7) is 6.30. The van der Waals surface area contributed by atoms with Gasteiger partial charge < -0.3 is 0 Å². The summed E-state index contributed by atoms with van der Waals surface area (Å²) in [5.41, 5.74) is 5.31. The van der Waals surface area contributed by atoms with Gasteiger partial charge in [-0.05, 0) is 46.9 Å². The molecular weight excluding hydrogens is 450 g/mol. The van der Waals surface area contributed by atoms with Crippen molar-refractivity contribution in [2.24, 2.45) is 11.8 Å². The second-order valence-corrected chi connectivity index (χ2v) is 10.3. The monoisotopic (exact) mass is 471 g/mol. The van der Waals surface area contributed by atoms with Crippen LogP contribution < -0.4 is 4.90 Å². The van der Waals surface area contributed by atoms with E-state index in [1.807, 2.05) is 49.4 Å². The lowest BCUT2D eigenvalue weighted by molar-refractivity contribution is -0.124. The number of rotatable bonds is 1. The van der Waals surface area contributed by atoms with Crippen molar-refractivity contribution in [2.45, 2.75) is 31.6 Å². The van der Waals surface area contributed by atoms with E-state index in [4.69, 9.17) is 0 Å². The van der Waals surface area contributed by atoms with Crippen molar-refractivity contribution in [3.05, 3.63) is 99.0 Å². The van der Waals surface area contributed by atoms with Crippen molar-refractivity contribution in [1.82, 2.24) is 0 Å². The summed E-state index contributed by atoms with van der Waals surface area (Å²) in [5, 5.41) is 0. The van der Waals surface area contributed by atoms with Gasteiger partial charge in [0.25, 0.3) is 0 Å². The minimum absolute atomic E-state index is 0.0940.